The van der Waals surface area contributed by atoms with E-state index in [0.717, 1.165) is 25.7 Å². The Morgan fingerprint density at radius 2 is 1.64 bits per heavy atom. The summed E-state index contributed by atoms with van der Waals surface area (Å²) < 4.78 is 6.14. The Morgan fingerprint density at radius 3 is 2.36 bits per heavy atom. The molecule has 0 unspecified atom stereocenters. The van der Waals surface area contributed by atoms with Crippen molar-refractivity contribution in [1.29, 1.82) is 0 Å². The molecular formula is C21H24O. The van der Waals surface area contributed by atoms with Crippen LogP contribution in [-0.4, -0.2) is 12.2 Å². The van der Waals surface area contributed by atoms with E-state index < -0.39 is 0 Å². The summed E-state index contributed by atoms with van der Waals surface area (Å²) in [6, 6.07) is 21.3. The van der Waals surface area contributed by atoms with Gasteiger partial charge >= 0.3 is 0 Å². The van der Waals surface area contributed by atoms with Gasteiger partial charge in [0.15, 0.2) is 0 Å². The molecule has 1 aliphatic rings. The Hall–Kier alpha value is -1.86. The van der Waals surface area contributed by atoms with Crippen LogP contribution in [0.25, 0.3) is 6.08 Å². The highest BCUT2D eigenvalue weighted by Gasteiger charge is 2.22. The zero-order chi connectivity index (χ0) is 15.2. The lowest BCUT2D eigenvalue weighted by atomic mass is 9.93. The van der Waals surface area contributed by atoms with Gasteiger partial charge < -0.3 is 4.74 Å². The predicted molar refractivity (Wildman–Crippen MR) is 92.8 cm³/mol. The van der Waals surface area contributed by atoms with Crippen LogP contribution in [-0.2, 0) is 11.2 Å². The molecule has 2 atom stereocenters. The van der Waals surface area contributed by atoms with E-state index in [1.54, 1.807) is 0 Å². The molecule has 2 aromatic carbocycles. The largest absolute Gasteiger partial charge is 0.375 e. The van der Waals surface area contributed by atoms with Crippen molar-refractivity contribution in [2.24, 2.45) is 0 Å². The normalized spacial score (nSPS) is 23.6. The standard InChI is InChI=1S/C21H24O/c1-17-14-20(15-19-10-6-3-7-11-19)16-21(22-17)13-12-18-8-4-2-5-9-18/h2-11,15,17,21H,12-14,16H2,1H3/b20-15+/t17-,21+/m0/s1. The van der Waals surface area contributed by atoms with Gasteiger partial charge in [0.25, 0.3) is 0 Å². The summed E-state index contributed by atoms with van der Waals surface area (Å²) in [4.78, 5) is 0. The molecule has 2 aromatic rings. The van der Waals surface area contributed by atoms with Crippen molar-refractivity contribution in [2.75, 3.05) is 0 Å². The zero-order valence-electron chi connectivity index (χ0n) is 13.2. The summed E-state index contributed by atoms with van der Waals surface area (Å²) in [6.45, 7) is 2.19. The van der Waals surface area contributed by atoms with Gasteiger partial charge in [-0.25, -0.2) is 0 Å². The Kier molecular flexibility index (Phi) is 5.07. The second-order valence-corrected chi connectivity index (χ2v) is 6.21. The number of hydrogen-bond donors (Lipinski definition) is 0. The summed E-state index contributed by atoms with van der Waals surface area (Å²) in [6.07, 6.45) is 7.32. The molecular weight excluding hydrogens is 268 g/mol. The van der Waals surface area contributed by atoms with Crippen LogP contribution >= 0.6 is 0 Å². The zero-order valence-corrected chi connectivity index (χ0v) is 13.2. The smallest absolute Gasteiger partial charge is 0.0619 e. The van der Waals surface area contributed by atoms with Crippen molar-refractivity contribution >= 4 is 6.08 Å². The lowest BCUT2D eigenvalue weighted by Crippen LogP contribution is -2.27. The first kappa shape index (κ1) is 15.1. The average Bonchev–Trinajstić information content (AvgIpc) is 2.54. The van der Waals surface area contributed by atoms with E-state index in [4.69, 9.17) is 4.74 Å². The van der Waals surface area contributed by atoms with Gasteiger partial charge in [0, 0.05) is 0 Å². The van der Waals surface area contributed by atoms with Gasteiger partial charge in [-0.3, -0.25) is 0 Å². The van der Waals surface area contributed by atoms with E-state index in [9.17, 15) is 0 Å². The van der Waals surface area contributed by atoms with Crippen molar-refractivity contribution < 1.29 is 4.74 Å². The quantitative estimate of drug-likeness (QED) is 0.746. The molecule has 0 amide bonds. The SMILES string of the molecule is C[C@H]1C/C(=C\c2ccccc2)C[C@@H](CCc2ccccc2)O1. The highest BCUT2D eigenvalue weighted by molar-refractivity contribution is 5.53. The Balaban J connectivity index is 1.62. The molecule has 22 heavy (non-hydrogen) atoms. The fourth-order valence-electron chi connectivity index (χ4n) is 3.22. The van der Waals surface area contributed by atoms with E-state index in [0.29, 0.717) is 12.2 Å². The van der Waals surface area contributed by atoms with Crippen molar-refractivity contribution in [3.8, 4) is 0 Å². The highest BCUT2D eigenvalue weighted by atomic mass is 16.5. The molecule has 1 aliphatic heterocycles. The molecule has 0 radical (unpaired) electrons. The van der Waals surface area contributed by atoms with Crippen molar-refractivity contribution in [3.05, 3.63) is 77.4 Å². The van der Waals surface area contributed by atoms with E-state index >= 15 is 0 Å². The third-order valence-corrected chi connectivity index (χ3v) is 4.23. The summed E-state index contributed by atoms with van der Waals surface area (Å²) in [5.74, 6) is 0. The maximum absolute atomic E-state index is 6.14. The van der Waals surface area contributed by atoms with Crippen molar-refractivity contribution in [1.82, 2.24) is 0 Å². The minimum absolute atomic E-state index is 0.324. The fourth-order valence-corrected chi connectivity index (χ4v) is 3.22. The van der Waals surface area contributed by atoms with Gasteiger partial charge in [-0.15, -0.1) is 0 Å². The minimum Gasteiger partial charge on any atom is -0.375 e. The highest BCUT2D eigenvalue weighted by Crippen LogP contribution is 2.28. The van der Waals surface area contributed by atoms with Gasteiger partial charge in [-0.1, -0.05) is 72.3 Å². The average molecular weight is 292 g/mol. The lowest BCUT2D eigenvalue weighted by molar-refractivity contribution is -0.0241. The van der Waals surface area contributed by atoms with Crippen LogP contribution in [0.1, 0.15) is 37.3 Å². The number of rotatable bonds is 4. The lowest BCUT2D eigenvalue weighted by Gasteiger charge is -2.30. The molecule has 0 saturated carbocycles. The first-order valence-electron chi connectivity index (χ1n) is 8.23. The molecule has 0 spiro atoms. The van der Waals surface area contributed by atoms with Crippen LogP contribution in [0.15, 0.2) is 66.2 Å². The van der Waals surface area contributed by atoms with Gasteiger partial charge in [-0.2, -0.15) is 0 Å². The van der Waals surface area contributed by atoms with Crippen molar-refractivity contribution in [3.63, 3.8) is 0 Å². The van der Waals surface area contributed by atoms with Gasteiger partial charge in [-0.05, 0) is 43.7 Å². The number of benzene rings is 2. The Morgan fingerprint density at radius 1 is 0.955 bits per heavy atom. The molecule has 114 valence electrons. The Labute approximate surface area is 133 Å². The minimum atomic E-state index is 0.324. The molecule has 0 aliphatic carbocycles. The molecule has 1 heterocycles. The second-order valence-electron chi connectivity index (χ2n) is 6.21. The molecule has 1 fully saturated rings. The topological polar surface area (TPSA) is 9.23 Å². The van der Waals surface area contributed by atoms with Crippen LogP contribution in [0.5, 0.6) is 0 Å². The van der Waals surface area contributed by atoms with Gasteiger partial charge in [0.05, 0.1) is 12.2 Å². The van der Waals surface area contributed by atoms with Crippen LogP contribution < -0.4 is 0 Å². The first-order chi connectivity index (χ1) is 10.8. The molecule has 1 saturated heterocycles. The predicted octanol–water partition coefficient (Wildman–Crippen LogP) is 5.27. The van der Waals surface area contributed by atoms with Crippen LogP contribution in [0, 0.1) is 0 Å². The first-order valence-corrected chi connectivity index (χ1v) is 8.23. The summed E-state index contributed by atoms with van der Waals surface area (Å²) in [5, 5.41) is 0. The summed E-state index contributed by atoms with van der Waals surface area (Å²) >= 11 is 0. The van der Waals surface area contributed by atoms with E-state index in [1.165, 1.54) is 16.7 Å². The summed E-state index contributed by atoms with van der Waals surface area (Å²) in [5.41, 5.74) is 4.22. The fraction of sp³-hybridized carbons (Fsp3) is 0.333. The molecule has 1 heteroatoms. The van der Waals surface area contributed by atoms with Crippen LogP contribution in [0.3, 0.4) is 0 Å². The third kappa shape index (κ3) is 4.32. The molecule has 0 bridgehead atoms. The maximum Gasteiger partial charge on any atom is 0.0619 e. The maximum atomic E-state index is 6.14. The third-order valence-electron chi connectivity index (χ3n) is 4.23. The molecule has 3 rings (SSSR count). The van der Waals surface area contributed by atoms with Crippen LogP contribution in [0.2, 0.25) is 0 Å². The Bertz CT molecular complexity index is 600. The molecule has 1 nitrogen and oxygen atoms in total. The molecule has 0 N–H and O–H groups in total. The van der Waals surface area contributed by atoms with Gasteiger partial charge in [0.2, 0.25) is 0 Å². The number of ether oxygens (including phenoxy) is 1. The van der Waals surface area contributed by atoms with Crippen molar-refractivity contribution in [2.45, 2.75) is 44.8 Å². The van der Waals surface area contributed by atoms with E-state index in [1.807, 2.05) is 0 Å². The van der Waals surface area contributed by atoms with Crippen LogP contribution in [0.4, 0.5) is 0 Å². The number of aryl methyl sites for hydroxylation is 1. The second kappa shape index (κ2) is 7.42. The summed E-state index contributed by atoms with van der Waals surface area (Å²) in [7, 11) is 0. The molecule has 0 aromatic heterocycles. The van der Waals surface area contributed by atoms with E-state index in [-0.39, 0.29) is 0 Å². The number of hydrogen-bond acceptors (Lipinski definition) is 1. The van der Waals surface area contributed by atoms with E-state index in [2.05, 4.69) is 73.7 Å². The monoisotopic (exact) mass is 292 g/mol. The van der Waals surface area contributed by atoms with Gasteiger partial charge in [0.1, 0.15) is 0 Å².